The molecule has 0 spiro atoms. The van der Waals surface area contributed by atoms with Crippen LogP contribution in [0.3, 0.4) is 0 Å². The summed E-state index contributed by atoms with van der Waals surface area (Å²) < 4.78 is 11.2. The predicted octanol–water partition coefficient (Wildman–Crippen LogP) is 3.36. The second-order valence-corrected chi connectivity index (χ2v) is 7.69. The van der Waals surface area contributed by atoms with E-state index in [0.717, 1.165) is 11.1 Å². The van der Waals surface area contributed by atoms with Crippen LogP contribution in [0, 0.1) is 6.92 Å². The Morgan fingerprint density at radius 1 is 1.25 bits per heavy atom. The second kappa shape index (κ2) is 9.50. The molecule has 1 heterocycles. The van der Waals surface area contributed by atoms with Crippen LogP contribution in [0.15, 0.2) is 34.9 Å². The molecule has 1 amide bonds. The van der Waals surface area contributed by atoms with Crippen molar-refractivity contribution in [2.75, 3.05) is 6.61 Å². The number of oxazole rings is 1. The van der Waals surface area contributed by atoms with Crippen molar-refractivity contribution in [1.82, 2.24) is 10.3 Å². The third-order valence-electron chi connectivity index (χ3n) is 4.03. The lowest BCUT2D eigenvalue weighted by molar-refractivity contribution is -0.142. The highest BCUT2D eigenvalue weighted by Gasteiger charge is 2.21. The zero-order valence-corrected chi connectivity index (χ0v) is 16.8. The molecule has 1 atom stereocenters. The summed E-state index contributed by atoms with van der Waals surface area (Å²) in [5, 5.41) is 11.8. The lowest BCUT2D eigenvalue weighted by Gasteiger charge is -2.21. The summed E-state index contributed by atoms with van der Waals surface area (Å²) in [5.41, 5.74) is 1.72. The zero-order valence-electron chi connectivity index (χ0n) is 16.8. The fraction of sp³-hybridized carbons (Fsp3) is 0.476. The minimum atomic E-state index is -1.08. The predicted molar refractivity (Wildman–Crippen MR) is 105 cm³/mol. The highest BCUT2D eigenvalue weighted by Crippen LogP contribution is 2.21. The third-order valence-corrected chi connectivity index (χ3v) is 4.03. The number of amides is 1. The molecular weight excluding hydrogens is 360 g/mol. The molecule has 0 fully saturated rings. The molecule has 0 aliphatic carbocycles. The number of hydrogen-bond acceptors (Lipinski definition) is 5. The van der Waals surface area contributed by atoms with E-state index in [9.17, 15) is 14.7 Å². The third kappa shape index (κ3) is 7.15. The van der Waals surface area contributed by atoms with E-state index in [1.165, 1.54) is 0 Å². The molecule has 0 radical (unpaired) electrons. The van der Waals surface area contributed by atoms with E-state index in [0.29, 0.717) is 18.1 Å². The summed E-state index contributed by atoms with van der Waals surface area (Å²) in [6.45, 7) is 7.93. The molecule has 0 saturated carbocycles. The lowest BCUT2D eigenvalue weighted by atomic mass is 10.1. The molecular formula is C21H28N2O5. The van der Waals surface area contributed by atoms with E-state index in [-0.39, 0.29) is 31.0 Å². The molecule has 7 heteroatoms. The Kier molecular flexibility index (Phi) is 7.34. The Bertz CT molecular complexity index is 790. The largest absolute Gasteiger partial charge is 0.480 e. The van der Waals surface area contributed by atoms with E-state index in [4.69, 9.17) is 9.15 Å². The summed E-state index contributed by atoms with van der Waals surface area (Å²) in [4.78, 5) is 27.7. The van der Waals surface area contributed by atoms with Crippen LogP contribution < -0.4 is 5.32 Å². The Hall–Kier alpha value is -2.67. The fourth-order valence-corrected chi connectivity index (χ4v) is 2.50. The first-order valence-electron chi connectivity index (χ1n) is 9.32. The molecule has 1 unspecified atom stereocenters. The summed E-state index contributed by atoms with van der Waals surface area (Å²) in [6.07, 6.45) is 2.22. The Labute approximate surface area is 165 Å². The Morgan fingerprint density at radius 3 is 2.54 bits per heavy atom. The number of nitrogens with zero attached hydrogens (tertiary/aromatic N) is 1. The number of hydrogen-bond donors (Lipinski definition) is 2. The second-order valence-electron chi connectivity index (χ2n) is 7.69. The van der Waals surface area contributed by atoms with Gasteiger partial charge in [-0.15, -0.1) is 0 Å². The fourth-order valence-electron chi connectivity index (χ4n) is 2.50. The van der Waals surface area contributed by atoms with Gasteiger partial charge in [0, 0.05) is 31.4 Å². The molecule has 0 aliphatic rings. The molecule has 152 valence electrons. The van der Waals surface area contributed by atoms with E-state index in [1.807, 2.05) is 52.0 Å². The highest BCUT2D eigenvalue weighted by molar-refractivity contribution is 5.83. The van der Waals surface area contributed by atoms with Crippen molar-refractivity contribution in [3.05, 3.63) is 41.9 Å². The van der Waals surface area contributed by atoms with Gasteiger partial charge in [-0.05, 0) is 27.7 Å². The number of aromatic nitrogens is 1. The van der Waals surface area contributed by atoms with E-state index < -0.39 is 12.0 Å². The molecule has 1 aromatic carbocycles. The summed E-state index contributed by atoms with van der Waals surface area (Å²) in [7, 11) is 0. The van der Waals surface area contributed by atoms with Crippen LogP contribution in [-0.4, -0.2) is 40.2 Å². The number of carbonyl (C=O) groups is 2. The van der Waals surface area contributed by atoms with E-state index in [1.54, 1.807) is 6.20 Å². The minimum Gasteiger partial charge on any atom is -0.480 e. The van der Waals surface area contributed by atoms with Crippen LogP contribution >= 0.6 is 0 Å². The van der Waals surface area contributed by atoms with Crippen LogP contribution in [0.4, 0.5) is 0 Å². The van der Waals surface area contributed by atoms with Gasteiger partial charge in [0.25, 0.3) is 0 Å². The van der Waals surface area contributed by atoms with Gasteiger partial charge in [-0.1, -0.05) is 29.8 Å². The van der Waals surface area contributed by atoms with Crippen LogP contribution in [0.1, 0.15) is 45.1 Å². The SMILES string of the molecule is Cc1ccc(-c2cnc(CCC(=O)NC(CCOC(C)(C)C)C(=O)O)o2)cc1. The molecule has 0 bridgehead atoms. The quantitative estimate of drug-likeness (QED) is 0.683. The topological polar surface area (TPSA) is 102 Å². The summed E-state index contributed by atoms with van der Waals surface area (Å²) >= 11 is 0. The first kappa shape index (κ1) is 21.6. The molecule has 2 N–H and O–H groups in total. The number of carboxylic acid groups (broad SMARTS) is 1. The first-order valence-corrected chi connectivity index (χ1v) is 9.32. The maximum atomic E-state index is 12.1. The van der Waals surface area contributed by atoms with Gasteiger partial charge in [0.15, 0.2) is 11.7 Å². The number of nitrogens with one attached hydrogen (secondary N) is 1. The van der Waals surface area contributed by atoms with Crippen LogP contribution in [0.5, 0.6) is 0 Å². The molecule has 28 heavy (non-hydrogen) atoms. The highest BCUT2D eigenvalue weighted by atomic mass is 16.5. The molecule has 2 aromatic rings. The van der Waals surface area contributed by atoms with Crippen molar-refractivity contribution in [3.8, 4) is 11.3 Å². The molecule has 0 aliphatic heterocycles. The number of carbonyl (C=O) groups excluding carboxylic acids is 1. The number of benzene rings is 1. The lowest BCUT2D eigenvalue weighted by Crippen LogP contribution is -2.42. The number of rotatable bonds is 9. The molecule has 7 nitrogen and oxygen atoms in total. The van der Waals surface area contributed by atoms with E-state index in [2.05, 4.69) is 10.3 Å². The monoisotopic (exact) mass is 388 g/mol. The van der Waals surface area contributed by atoms with Crippen molar-refractivity contribution in [1.29, 1.82) is 0 Å². The van der Waals surface area contributed by atoms with Crippen molar-refractivity contribution in [2.24, 2.45) is 0 Å². The normalized spacial score (nSPS) is 12.6. The van der Waals surface area contributed by atoms with Crippen LogP contribution in [-0.2, 0) is 20.7 Å². The smallest absolute Gasteiger partial charge is 0.326 e. The van der Waals surface area contributed by atoms with Gasteiger partial charge in [0.2, 0.25) is 5.91 Å². The standard InChI is InChI=1S/C21H28N2O5/c1-14-5-7-15(8-6-14)17-13-22-19(28-17)10-9-18(24)23-16(20(25)26)11-12-27-21(2,3)4/h5-8,13,16H,9-12H2,1-4H3,(H,23,24)(H,25,26). The van der Waals surface area contributed by atoms with Gasteiger partial charge in [0.1, 0.15) is 6.04 Å². The van der Waals surface area contributed by atoms with Crippen molar-refractivity contribution < 1.29 is 23.8 Å². The minimum absolute atomic E-state index is 0.0950. The number of carboxylic acids is 1. The summed E-state index contributed by atoms with van der Waals surface area (Å²) in [6, 6.07) is 6.88. The maximum Gasteiger partial charge on any atom is 0.326 e. The van der Waals surface area contributed by atoms with Crippen molar-refractivity contribution in [3.63, 3.8) is 0 Å². The zero-order chi connectivity index (χ0) is 20.7. The summed E-state index contributed by atoms with van der Waals surface area (Å²) in [5.74, 6) is -0.367. The van der Waals surface area contributed by atoms with Gasteiger partial charge < -0.3 is 19.6 Å². The van der Waals surface area contributed by atoms with Crippen LogP contribution in [0.25, 0.3) is 11.3 Å². The van der Waals surface area contributed by atoms with Gasteiger partial charge >= 0.3 is 5.97 Å². The van der Waals surface area contributed by atoms with Crippen LogP contribution in [0.2, 0.25) is 0 Å². The van der Waals surface area contributed by atoms with Gasteiger partial charge in [-0.2, -0.15) is 0 Å². The van der Waals surface area contributed by atoms with Crippen molar-refractivity contribution >= 4 is 11.9 Å². The Morgan fingerprint density at radius 2 is 1.93 bits per heavy atom. The Balaban J connectivity index is 1.83. The average Bonchev–Trinajstić information content (AvgIpc) is 3.07. The number of aliphatic carboxylic acids is 1. The molecule has 1 aromatic heterocycles. The van der Waals surface area contributed by atoms with Gasteiger partial charge in [-0.3, -0.25) is 4.79 Å². The molecule has 0 saturated heterocycles. The molecule has 2 rings (SSSR count). The van der Waals surface area contributed by atoms with E-state index >= 15 is 0 Å². The first-order chi connectivity index (χ1) is 13.1. The number of ether oxygens (including phenoxy) is 1. The number of aryl methyl sites for hydroxylation is 2. The maximum absolute atomic E-state index is 12.1. The van der Waals surface area contributed by atoms with Gasteiger partial charge in [-0.25, -0.2) is 9.78 Å². The van der Waals surface area contributed by atoms with Gasteiger partial charge in [0.05, 0.1) is 11.8 Å². The van der Waals surface area contributed by atoms with Crippen molar-refractivity contribution in [2.45, 2.75) is 58.6 Å². The average molecular weight is 388 g/mol.